The maximum atomic E-state index is 13.3. The molecule has 1 heterocycles. The van der Waals surface area contributed by atoms with E-state index in [1.165, 1.54) is 5.06 Å². The Morgan fingerprint density at radius 1 is 1.24 bits per heavy atom. The zero-order valence-corrected chi connectivity index (χ0v) is 20.3. The van der Waals surface area contributed by atoms with Crippen LogP contribution in [0.15, 0.2) is 42.7 Å². The van der Waals surface area contributed by atoms with Crippen LogP contribution in [0, 0.1) is 11.3 Å². The number of hydrogen-bond donors (Lipinski definition) is 1. The highest BCUT2D eigenvalue weighted by Crippen LogP contribution is 2.23. The number of hydrogen-bond acceptors (Lipinski definition) is 5. The molecular weight excluding hydrogens is 420 g/mol. The van der Waals surface area contributed by atoms with Gasteiger partial charge in [-0.15, -0.1) is 0 Å². The summed E-state index contributed by atoms with van der Waals surface area (Å²) in [5.74, 6) is -0.739. The van der Waals surface area contributed by atoms with Crippen LogP contribution in [0.25, 0.3) is 0 Å². The summed E-state index contributed by atoms with van der Waals surface area (Å²) in [6.07, 6.45) is 6.15. The van der Waals surface area contributed by atoms with Gasteiger partial charge in [0.15, 0.2) is 5.82 Å². The summed E-state index contributed by atoms with van der Waals surface area (Å²) >= 11 is 0. The number of Topliss-reactive ketones (excluding diaryl/α,β-unsaturated/α-hetero) is 1. The van der Waals surface area contributed by atoms with Crippen LogP contribution < -0.4 is 5.32 Å². The van der Waals surface area contributed by atoms with E-state index in [1.807, 2.05) is 58.0 Å². The number of imidazole rings is 1. The monoisotopic (exact) mass is 456 g/mol. The largest absolute Gasteiger partial charge is 0.345 e. The van der Waals surface area contributed by atoms with Gasteiger partial charge in [0, 0.05) is 19.4 Å². The predicted molar refractivity (Wildman–Crippen MR) is 126 cm³/mol. The fourth-order valence-corrected chi connectivity index (χ4v) is 3.50. The maximum Gasteiger partial charge on any atom is 0.233 e. The molecule has 0 aliphatic carbocycles. The van der Waals surface area contributed by atoms with Gasteiger partial charge in [-0.1, -0.05) is 70.9 Å². The van der Waals surface area contributed by atoms with E-state index in [1.54, 1.807) is 24.0 Å². The van der Waals surface area contributed by atoms with Gasteiger partial charge in [-0.05, 0) is 17.4 Å². The minimum absolute atomic E-state index is 0.107. The van der Waals surface area contributed by atoms with Gasteiger partial charge in [0.1, 0.15) is 12.6 Å². The van der Waals surface area contributed by atoms with Gasteiger partial charge < -0.3 is 9.88 Å². The lowest BCUT2D eigenvalue weighted by Crippen LogP contribution is -2.52. The first-order valence-electron chi connectivity index (χ1n) is 11.4. The van der Waals surface area contributed by atoms with Crippen LogP contribution in [-0.4, -0.2) is 45.3 Å². The van der Waals surface area contributed by atoms with Crippen molar-refractivity contribution in [3.63, 3.8) is 0 Å². The highest BCUT2D eigenvalue weighted by molar-refractivity contribution is 6.00. The van der Waals surface area contributed by atoms with E-state index < -0.39 is 17.4 Å². The molecule has 0 aliphatic heterocycles. The van der Waals surface area contributed by atoms with Crippen LogP contribution in [0.5, 0.6) is 0 Å². The molecule has 1 aromatic heterocycles. The lowest BCUT2D eigenvalue weighted by Gasteiger charge is -2.32. The first kappa shape index (κ1) is 26.3. The smallest absolute Gasteiger partial charge is 0.233 e. The van der Waals surface area contributed by atoms with Gasteiger partial charge in [0.05, 0.1) is 12.5 Å². The molecule has 8 nitrogen and oxygen atoms in total. The Hall–Kier alpha value is -3.00. The third-order valence-corrected chi connectivity index (χ3v) is 5.49. The average molecular weight is 457 g/mol. The Morgan fingerprint density at radius 3 is 2.48 bits per heavy atom. The van der Waals surface area contributed by atoms with Gasteiger partial charge in [-0.3, -0.25) is 19.2 Å². The Balaban J connectivity index is 2.13. The molecular formula is C25H36N4O4. The van der Waals surface area contributed by atoms with Gasteiger partial charge >= 0.3 is 0 Å². The number of aromatic nitrogens is 2. The molecule has 180 valence electrons. The molecule has 1 N–H and O–H groups in total. The van der Waals surface area contributed by atoms with Crippen LogP contribution in [0.3, 0.4) is 0 Å². The molecule has 2 unspecified atom stereocenters. The number of hydroxylamine groups is 2. The molecule has 2 amide bonds. The van der Waals surface area contributed by atoms with E-state index >= 15 is 0 Å². The number of nitrogens with zero attached hydrogens (tertiary/aromatic N) is 3. The first-order valence-corrected chi connectivity index (χ1v) is 11.4. The Morgan fingerprint density at radius 2 is 1.94 bits per heavy atom. The second kappa shape index (κ2) is 12.3. The van der Waals surface area contributed by atoms with Crippen molar-refractivity contribution in [3.05, 3.63) is 54.1 Å². The number of rotatable bonds is 13. The van der Waals surface area contributed by atoms with E-state index in [9.17, 15) is 14.4 Å². The number of ketones is 1. The topological polar surface area (TPSA) is 93.5 Å². The highest BCUT2D eigenvalue weighted by Gasteiger charge is 2.36. The van der Waals surface area contributed by atoms with E-state index in [-0.39, 0.29) is 24.8 Å². The molecule has 0 saturated heterocycles. The summed E-state index contributed by atoms with van der Waals surface area (Å²) < 4.78 is 1.65. The van der Waals surface area contributed by atoms with Crippen LogP contribution in [0.2, 0.25) is 0 Å². The SMILES string of the molecule is CCCCC(CN(C=O)OCc1ccccc1)C(=O)NC(C(=O)c1nccn1C)C(C)(C)C. The number of unbranched alkanes of at least 4 members (excludes halogenated alkanes) is 1. The van der Waals surface area contributed by atoms with E-state index in [4.69, 9.17) is 4.84 Å². The van der Waals surface area contributed by atoms with Gasteiger partial charge in [-0.25, -0.2) is 10.0 Å². The molecule has 2 atom stereocenters. The van der Waals surface area contributed by atoms with Gasteiger partial charge in [0.2, 0.25) is 18.1 Å². The standard InChI is InChI=1S/C25H36N4O4/c1-6-7-13-20(16-29(18-30)33-17-19-11-9-8-10-12-19)24(32)27-22(25(2,3)4)21(31)23-26-14-15-28(23)5/h8-12,14-15,18,20,22H,6-7,13,16-17H2,1-5H3,(H,27,32). The minimum atomic E-state index is -0.759. The molecule has 8 heteroatoms. The van der Waals surface area contributed by atoms with Crippen molar-refractivity contribution >= 4 is 18.1 Å². The van der Waals surface area contributed by atoms with Crippen LogP contribution in [-0.2, 0) is 28.1 Å². The van der Waals surface area contributed by atoms with Crippen LogP contribution >= 0.6 is 0 Å². The summed E-state index contributed by atoms with van der Waals surface area (Å²) in [5.41, 5.74) is 0.398. The van der Waals surface area contributed by atoms with Crippen molar-refractivity contribution in [2.24, 2.45) is 18.4 Å². The summed E-state index contributed by atoms with van der Waals surface area (Å²) in [6.45, 7) is 8.09. The summed E-state index contributed by atoms with van der Waals surface area (Å²) in [4.78, 5) is 47.9. The van der Waals surface area contributed by atoms with Crippen molar-refractivity contribution < 1.29 is 19.2 Å². The van der Waals surface area contributed by atoms with E-state index in [0.29, 0.717) is 18.7 Å². The molecule has 1 aromatic carbocycles. The molecule has 0 bridgehead atoms. The molecule has 2 aromatic rings. The lowest BCUT2D eigenvalue weighted by molar-refractivity contribution is -0.182. The van der Waals surface area contributed by atoms with Crippen molar-refractivity contribution in [2.45, 2.75) is 59.6 Å². The molecule has 0 aliphatic rings. The van der Waals surface area contributed by atoms with Crippen molar-refractivity contribution in [2.75, 3.05) is 6.54 Å². The summed E-state index contributed by atoms with van der Waals surface area (Å²) in [7, 11) is 1.75. The highest BCUT2D eigenvalue weighted by atomic mass is 16.7. The molecule has 33 heavy (non-hydrogen) atoms. The number of carbonyl (C=O) groups is 3. The summed E-state index contributed by atoms with van der Waals surface area (Å²) in [5, 5.41) is 4.11. The van der Waals surface area contributed by atoms with Crippen molar-refractivity contribution in [3.8, 4) is 0 Å². The third kappa shape index (κ3) is 7.82. The first-order chi connectivity index (χ1) is 15.7. The third-order valence-electron chi connectivity index (χ3n) is 5.49. The fourth-order valence-electron chi connectivity index (χ4n) is 3.50. The molecule has 0 radical (unpaired) electrons. The second-order valence-corrected chi connectivity index (χ2v) is 9.34. The number of aryl methyl sites for hydroxylation is 1. The Bertz CT molecular complexity index is 905. The minimum Gasteiger partial charge on any atom is -0.345 e. The number of amides is 2. The number of nitrogens with one attached hydrogen (secondary N) is 1. The molecule has 0 fully saturated rings. The van der Waals surface area contributed by atoms with Crippen LogP contribution in [0.1, 0.15) is 63.1 Å². The zero-order chi connectivity index (χ0) is 24.4. The van der Waals surface area contributed by atoms with E-state index in [0.717, 1.165) is 18.4 Å². The van der Waals surface area contributed by atoms with Crippen molar-refractivity contribution in [1.29, 1.82) is 0 Å². The quantitative estimate of drug-likeness (QED) is 0.283. The average Bonchev–Trinajstić information content (AvgIpc) is 3.22. The lowest BCUT2D eigenvalue weighted by atomic mass is 9.83. The predicted octanol–water partition coefficient (Wildman–Crippen LogP) is 3.53. The molecule has 0 spiro atoms. The number of benzene rings is 1. The normalized spacial score (nSPS) is 13.2. The van der Waals surface area contributed by atoms with Crippen LogP contribution in [0.4, 0.5) is 0 Å². The van der Waals surface area contributed by atoms with Gasteiger partial charge in [0.25, 0.3) is 0 Å². The number of carbonyl (C=O) groups excluding carboxylic acids is 3. The fraction of sp³-hybridized carbons (Fsp3) is 0.520. The van der Waals surface area contributed by atoms with Crippen molar-refractivity contribution in [1.82, 2.24) is 19.9 Å². The summed E-state index contributed by atoms with van der Waals surface area (Å²) in [6, 6.07) is 8.75. The molecule has 2 rings (SSSR count). The molecule has 0 saturated carbocycles. The zero-order valence-electron chi connectivity index (χ0n) is 20.3. The van der Waals surface area contributed by atoms with E-state index in [2.05, 4.69) is 10.3 Å². The second-order valence-electron chi connectivity index (χ2n) is 9.34. The Labute approximate surface area is 196 Å². The Kier molecular flexibility index (Phi) is 9.78. The van der Waals surface area contributed by atoms with Gasteiger partial charge in [-0.2, -0.15) is 0 Å². The maximum absolute atomic E-state index is 13.3.